The minimum absolute atomic E-state index is 0.178. The number of nitrogens with zero attached hydrogens (tertiary/aromatic N) is 1. The lowest BCUT2D eigenvalue weighted by Crippen LogP contribution is -2.55. The van der Waals surface area contributed by atoms with Crippen LogP contribution in [0.1, 0.15) is 35.6 Å². The number of ether oxygens (including phenoxy) is 2. The fraction of sp³-hybridized carbons (Fsp3) is 0.231. The van der Waals surface area contributed by atoms with Crippen LogP contribution >= 0.6 is 0 Å². The molecule has 3 aromatic carbocycles. The average Bonchev–Trinajstić information content (AvgIpc) is 2.87. The monoisotopic (exact) mass is 430 g/mol. The molecule has 1 amide bonds. The lowest BCUT2D eigenvalue weighted by molar-refractivity contribution is -0.152. The second-order valence-electron chi connectivity index (χ2n) is 7.65. The molecule has 1 saturated heterocycles. The van der Waals surface area contributed by atoms with Gasteiger partial charge in [0, 0.05) is 6.54 Å². The molecule has 1 atom stereocenters. The topological polar surface area (TPSA) is 67.9 Å². The highest BCUT2D eigenvalue weighted by molar-refractivity contribution is 5.77. The second-order valence-corrected chi connectivity index (χ2v) is 7.65. The Kier molecular flexibility index (Phi) is 7.15. The lowest BCUT2D eigenvalue weighted by Gasteiger charge is -2.32. The molecule has 1 aliphatic rings. The molecule has 1 N–H and O–H groups in total. The number of carbonyl (C=O) groups excluding carboxylic acids is 2. The fourth-order valence-corrected chi connectivity index (χ4v) is 3.66. The summed E-state index contributed by atoms with van der Waals surface area (Å²) in [4.78, 5) is 25.5. The molecule has 1 fully saturated rings. The van der Waals surface area contributed by atoms with Crippen LogP contribution in [0.3, 0.4) is 0 Å². The zero-order chi connectivity index (χ0) is 22.2. The Morgan fingerprint density at radius 1 is 0.875 bits per heavy atom. The van der Waals surface area contributed by atoms with Crippen LogP contribution in [0.4, 0.5) is 4.79 Å². The van der Waals surface area contributed by atoms with Crippen molar-refractivity contribution in [3.8, 4) is 0 Å². The summed E-state index contributed by atoms with van der Waals surface area (Å²) in [6.07, 6.45) is 0.229. The number of nitrogens with one attached hydrogen (secondary N) is 1. The van der Waals surface area contributed by atoms with Gasteiger partial charge in [-0.15, -0.1) is 0 Å². The van der Waals surface area contributed by atoms with Gasteiger partial charge >= 0.3 is 12.1 Å². The number of esters is 1. The van der Waals surface area contributed by atoms with Crippen LogP contribution in [-0.2, 0) is 20.9 Å². The van der Waals surface area contributed by atoms with E-state index in [2.05, 4.69) is 5.43 Å². The quantitative estimate of drug-likeness (QED) is 0.578. The maximum absolute atomic E-state index is 13.0. The Labute approximate surface area is 187 Å². The third-order valence-electron chi connectivity index (χ3n) is 5.33. The smallest absolute Gasteiger partial charge is 0.424 e. The van der Waals surface area contributed by atoms with Crippen LogP contribution in [0.2, 0.25) is 0 Å². The first-order chi connectivity index (χ1) is 15.7. The minimum Gasteiger partial charge on any atom is -0.451 e. The van der Waals surface area contributed by atoms with E-state index in [1.54, 1.807) is 0 Å². The van der Waals surface area contributed by atoms with Crippen LogP contribution < -0.4 is 5.43 Å². The number of hydrogen-bond acceptors (Lipinski definition) is 5. The molecular weight excluding hydrogens is 404 g/mol. The summed E-state index contributed by atoms with van der Waals surface area (Å²) in [6, 6.07) is 28.1. The highest BCUT2D eigenvalue weighted by atomic mass is 16.6. The summed E-state index contributed by atoms with van der Waals surface area (Å²) in [5.74, 6) is -0.400. The molecule has 164 valence electrons. The molecule has 6 nitrogen and oxygen atoms in total. The molecule has 0 bridgehead atoms. The standard InChI is InChI=1S/C26H26N2O4/c29-25(32-24(21-13-6-2-7-14-21)22-15-8-3-9-16-22)23-17-10-18-28(27-23)26(30)31-19-20-11-4-1-5-12-20/h1-9,11-16,23-24,27H,10,17-19H2/t23-/m1/s1. The predicted octanol–water partition coefficient (Wildman–Crippen LogP) is 4.63. The molecule has 6 heteroatoms. The van der Waals surface area contributed by atoms with Crippen molar-refractivity contribution in [1.29, 1.82) is 0 Å². The normalized spacial score (nSPS) is 15.9. The Balaban J connectivity index is 1.40. The van der Waals surface area contributed by atoms with Gasteiger partial charge in [0.25, 0.3) is 0 Å². The van der Waals surface area contributed by atoms with Crippen molar-refractivity contribution in [2.45, 2.75) is 31.6 Å². The SMILES string of the molecule is O=C(OC(c1ccccc1)c1ccccc1)[C@H]1CCCN(C(=O)OCc2ccccc2)N1. The maximum Gasteiger partial charge on any atom is 0.424 e. The van der Waals surface area contributed by atoms with E-state index in [4.69, 9.17) is 9.47 Å². The molecule has 1 aliphatic heterocycles. The van der Waals surface area contributed by atoms with Crippen molar-refractivity contribution in [2.75, 3.05) is 6.54 Å². The molecule has 1 heterocycles. The third kappa shape index (κ3) is 5.53. The largest absolute Gasteiger partial charge is 0.451 e. The van der Waals surface area contributed by atoms with Gasteiger partial charge in [-0.2, -0.15) is 0 Å². The Morgan fingerprint density at radius 2 is 1.44 bits per heavy atom. The van der Waals surface area contributed by atoms with Gasteiger partial charge in [0.05, 0.1) is 0 Å². The summed E-state index contributed by atoms with van der Waals surface area (Å²) in [5, 5.41) is 1.36. The van der Waals surface area contributed by atoms with E-state index in [1.807, 2.05) is 91.0 Å². The van der Waals surface area contributed by atoms with Crippen LogP contribution in [0.25, 0.3) is 0 Å². The molecule has 0 aliphatic carbocycles. The minimum atomic E-state index is -0.622. The van der Waals surface area contributed by atoms with Crippen LogP contribution in [0.5, 0.6) is 0 Å². The van der Waals surface area contributed by atoms with E-state index < -0.39 is 24.2 Å². The molecule has 32 heavy (non-hydrogen) atoms. The number of amides is 1. The van der Waals surface area contributed by atoms with Crippen molar-refractivity contribution in [2.24, 2.45) is 0 Å². The zero-order valence-electron chi connectivity index (χ0n) is 17.7. The Bertz CT molecular complexity index is 972. The molecular formula is C26H26N2O4. The van der Waals surface area contributed by atoms with Gasteiger partial charge in [0.1, 0.15) is 12.6 Å². The second kappa shape index (κ2) is 10.6. The van der Waals surface area contributed by atoms with E-state index in [-0.39, 0.29) is 6.61 Å². The van der Waals surface area contributed by atoms with E-state index in [0.29, 0.717) is 19.4 Å². The highest BCUT2D eigenvalue weighted by Crippen LogP contribution is 2.27. The van der Waals surface area contributed by atoms with Crippen molar-refractivity contribution in [3.63, 3.8) is 0 Å². The molecule has 0 spiro atoms. The van der Waals surface area contributed by atoms with Crippen LogP contribution in [0.15, 0.2) is 91.0 Å². The van der Waals surface area contributed by atoms with Gasteiger partial charge in [0.2, 0.25) is 0 Å². The molecule has 3 aromatic rings. The number of rotatable bonds is 6. The van der Waals surface area contributed by atoms with E-state index in [9.17, 15) is 9.59 Å². The number of benzene rings is 3. The molecule has 0 saturated carbocycles. The van der Waals surface area contributed by atoms with Gasteiger partial charge in [-0.25, -0.2) is 15.2 Å². The highest BCUT2D eigenvalue weighted by Gasteiger charge is 2.32. The van der Waals surface area contributed by atoms with Crippen molar-refractivity contribution < 1.29 is 19.1 Å². The van der Waals surface area contributed by atoms with Gasteiger partial charge < -0.3 is 9.47 Å². The van der Waals surface area contributed by atoms with Crippen molar-refractivity contribution in [1.82, 2.24) is 10.4 Å². The fourth-order valence-electron chi connectivity index (χ4n) is 3.66. The Hall–Kier alpha value is -3.64. The molecule has 0 radical (unpaired) electrons. The number of hydrogen-bond donors (Lipinski definition) is 1. The zero-order valence-corrected chi connectivity index (χ0v) is 17.7. The first-order valence-corrected chi connectivity index (χ1v) is 10.8. The molecule has 0 unspecified atom stereocenters. The molecule has 4 rings (SSSR count). The van der Waals surface area contributed by atoms with E-state index in [0.717, 1.165) is 16.7 Å². The first kappa shape index (κ1) is 21.6. The lowest BCUT2D eigenvalue weighted by atomic mass is 10.0. The summed E-state index contributed by atoms with van der Waals surface area (Å²) in [6.45, 7) is 0.648. The summed E-state index contributed by atoms with van der Waals surface area (Å²) < 4.78 is 11.3. The molecule has 0 aromatic heterocycles. The van der Waals surface area contributed by atoms with Gasteiger partial charge in [0.15, 0.2) is 6.10 Å². The third-order valence-corrected chi connectivity index (χ3v) is 5.33. The summed E-state index contributed by atoms with van der Waals surface area (Å²) in [7, 11) is 0. The first-order valence-electron chi connectivity index (χ1n) is 10.8. The van der Waals surface area contributed by atoms with Gasteiger partial charge in [-0.05, 0) is 29.5 Å². The van der Waals surface area contributed by atoms with Gasteiger partial charge in [-0.3, -0.25) is 4.79 Å². The predicted molar refractivity (Wildman–Crippen MR) is 120 cm³/mol. The van der Waals surface area contributed by atoms with Crippen LogP contribution in [0, 0.1) is 0 Å². The van der Waals surface area contributed by atoms with Crippen molar-refractivity contribution in [3.05, 3.63) is 108 Å². The summed E-state index contributed by atoms with van der Waals surface area (Å²) >= 11 is 0. The summed E-state index contributed by atoms with van der Waals surface area (Å²) in [5.41, 5.74) is 5.67. The number of carbonyl (C=O) groups is 2. The van der Waals surface area contributed by atoms with E-state index in [1.165, 1.54) is 5.01 Å². The van der Waals surface area contributed by atoms with Crippen molar-refractivity contribution >= 4 is 12.1 Å². The van der Waals surface area contributed by atoms with E-state index >= 15 is 0 Å². The Morgan fingerprint density at radius 3 is 2.03 bits per heavy atom. The average molecular weight is 431 g/mol. The number of hydrazine groups is 1. The van der Waals surface area contributed by atoms with Crippen LogP contribution in [-0.4, -0.2) is 29.7 Å². The van der Waals surface area contributed by atoms with Gasteiger partial charge in [-0.1, -0.05) is 91.0 Å². The maximum atomic E-state index is 13.0.